The Balaban J connectivity index is 1.75. The zero-order chi connectivity index (χ0) is 15.9. The Morgan fingerprint density at radius 1 is 1.36 bits per heavy atom. The average Bonchev–Trinajstić information content (AvgIpc) is 2.76. The number of thiocarbonyl (C=S) groups is 1. The minimum atomic E-state index is 0.738. The Labute approximate surface area is 141 Å². The fourth-order valence-corrected chi connectivity index (χ4v) is 3.41. The molecule has 0 atom stereocenters. The van der Waals surface area contributed by atoms with Crippen molar-refractivity contribution in [3.63, 3.8) is 0 Å². The maximum absolute atomic E-state index is 6.00. The summed E-state index contributed by atoms with van der Waals surface area (Å²) in [6.45, 7) is 5.81. The van der Waals surface area contributed by atoms with Gasteiger partial charge in [-0.2, -0.15) is 5.10 Å². The second-order valence-corrected chi connectivity index (χ2v) is 6.52. The lowest BCUT2D eigenvalue weighted by Gasteiger charge is -2.30. The Hall–Kier alpha value is -1.59. The molecule has 2 heterocycles. The van der Waals surface area contributed by atoms with Gasteiger partial charge in [0.1, 0.15) is 0 Å². The molecule has 1 aromatic heterocycles. The number of benzene rings is 1. The molecule has 1 aliphatic heterocycles. The molecule has 6 heteroatoms. The Bertz CT molecular complexity index is 738. The van der Waals surface area contributed by atoms with Crippen LogP contribution in [0.25, 0.3) is 0 Å². The largest absolute Gasteiger partial charge is 0.343 e. The van der Waals surface area contributed by atoms with E-state index in [9.17, 15) is 0 Å². The number of nitrogens with zero attached hydrogens (tertiary/aromatic N) is 3. The molecule has 0 saturated carbocycles. The summed E-state index contributed by atoms with van der Waals surface area (Å²) >= 11 is 11.6. The van der Waals surface area contributed by atoms with E-state index in [0.29, 0.717) is 0 Å². The third kappa shape index (κ3) is 2.83. The summed E-state index contributed by atoms with van der Waals surface area (Å²) in [6.07, 6.45) is 0.983. The molecule has 0 unspecified atom stereocenters. The molecule has 0 aliphatic carbocycles. The molecular weight excluding hydrogens is 316 g/mol. The molecule has 22 heavy (non-hydrogen) atoms. The molecule has 0 saturated heterocycles. The molecule has 4 nitrogen and oxygen atoms in total. The van der Waals surface area contributed by atoms with Gasteiger partial charge in [-0.3, -0.25) is 4.68 Å². The van der Waals surface area contributed by atoms with Crippen LogP contribution in [0.4, 0.5) is 5.69 Å². The van der Waals surface area contributed by atoms with Crippen molar-refractivity contribution in [2.75, 3.05) is 11.9 Å². The predicted molar refractivity (Wildman–Crippen MR) is 94.5 cm³/mol. The van der Waals surface area contributed by atoms with Crippen LogP contribution in [0.5, 0.6) is 0 Å². The molecule has 116 valence electrons. The molecule has 3 rings (SSSR count). The number of aryl methyl sites for hydroxylation is 3. The van der Waals surface area contributed by atoms with Gasteiger partial charge in [0, 0.05) is 24.3 Å². The number of anilines is 1. The molecule has 0 spiro atoms. The Morgan fingerprint density at radius 3 is 2.86 bits per heavy atom. The van der Waals surface area contributed by atoms with Gasteiger partial charge in [-0.15, -0.1) is 0 Å². The van der Waals surface area contributed by atoms with Crippen molar-refractivity contribution in [3.8, 4) is 0 Å². The summed E-state index contributed by atoms with van der Waals surface area (Å²) in [5.74, 6) is 0. The van der Waals surface area contributed by atoms with Gasteiger partial charge >= 0.3 is 0 Å². The lowest BCUT2D eigenvalue weighted by molar-refractivity contribution is 0.384. The van der Waals surface area contributed by atoms with Gasteiger partial charge in [0.2, 0.25) is 0 Å². The smallest absolute Gasteiger partial charge is 0.173 e. The summed E-state index contributed by atoms with van der Waals surface area (Å²) in [5, 5.41) is 9.32. The maximum Gasteiger partial charge on any atom is 0.173 e. The molecule has 0 radical (unpaired) electrons. The molecule has 0 bridgehead atoms. The second kappa shape index (κ2) is 5.89. The second-order valence-electron chi connectivity index (χ2n) is 5.70. The van der Waals surface area contributed by atoms with Gasteiger partial charge in [0.05, 0.1) is 17.9 Å². The molecule has 1 aliphatic rings. The normalized spacial score (nSPS) is 13.9. The van der Waals surface area contributed by atoms with Crippen LogP contribution >= 0.6 is 23.8 Å². The van der Waals surface area contributed by atoms with Crippen molar-refractivity contribution in [1.82, 2.24) is 14.7 Å². The summed E-state index contributed by atoms with van der Waals surface area (Å²) in [6, 6.07) is 5.77. The van der Waals surface area contributed by atoms with Crippen LogP contribution in [-0.2, 0) is 20.0 Å². The van der Waals surface area contributed by atoms with E-state index in [1.807, 2.05) is 36.9 Å². The highest BCUT2D eigenvalue weighted by molar-refractivity contribution is 7.80. The summed E-state index contributed by atoms with van der Waals surface area (Å²) in [5.41, 5.74) is 5.83. The van der Waals surface area contributed by atoms with Crippen LogP contribution in [0.1, 0.15) is 22.5 Å². The number of halogens is 1. The Kier molecular flexibility index (Phi) is 4.10. The lowest BCUT2D eigenvalue weighted by atomic mass is 10.1. The molecular formula is C16H19ClN4S. The van der Waals surface area contributed by atoms with Gasteiger partial charge in [-0.1, -0.05) is 11.6 Å². The molecule has 1 N–H and O–H groups in total. The molecule has 0 fully saturated rings. The van der Waals surface area contributed by atoms with E-state index in [0.717, 1.165) is 46.6 Å². The average molecular weight is 335 g/mol. The van der Waals surface area contributed by atoms with Crippen LogP contribution in [0.3, 0.4) is 0 Å². The van der Waals surface area contributed by atoms with Crippen molar-refractivity contribution in [2.24, 2.45) is 7.05 Å². The first kappa shape index (κ1) is 15.3. The van der Waals surface area contributed by atoms with Crippen LogP contribution in [0, 0.1) is 13.8 Å². The first-order chi connectivity index (χ1) is 10.5. The summed E-state index contributed by atoms with van der Waals surface area (Å²) in [7, 11) is 2.00. The predicted octanol–water partition coefficient (Wildman–Crippen LogP) is 3.45. The fraction of sp³-hybridized carbons (Fsp3) is 0.375. The lowest BCUT2D eigenvalue weighted by Crippen LogP contribution is -2.39. The van der Waals surface area contributed by atoms with E-state index in [1.165, 1.54) is 11.3 Å². The molecule has 1 aromatic carbocycles. The van der Waals surface area contributed by atoms with E-state index in [2.05, 4.69) is 22.2 Å². The third-order valence-electron chi connectivity index (χ3n) is 4.17. The van der Waals surface area contributed by atoms with Crippen LogP contribution in [-0.4, -0.2) is 26.3 Å². The molecule has 0 amide bonds. The zero-order valence-electron chi connectivity index (χ0n) is 13.0. The fourth-order valence-electron chi connectivity index (χ4n) is 2.91. The van der Waals surface area contributed by atoms with E-state index in [4.69, 9.17) is 23.8 Å². The van der Waals surface area contributed by atoms with Gasteiger partial charge in [0.25, 0.3) is 0 Å². The number of nitrogens with one attached hydrogen (secondary N) is 1. The summed E-state index contributed by atoms with van der Waals surface area (Å²) < 4.78 is 1.97. The van der Waals surface area contributed by atoms with Gasteiger partial charge < -0.3 is 10.2 Å². The Morgan fingerprint density at radius 2 is 2.14 bits per heavy atom. The third-order valence-corrected chi connectivity index (χ3v) is 4.76. The van der Waals surface area contributed by atoms with Gasteiger partial charge in [0.15, 0.2) is 5.11 Å². The quantitative estimate of drug-likeness (QED) is 0.810. The van der Waals surface area contributed by atoms with Crippen molar-refractivity contribution < 1.29 is 0 Å². The zero-order valence-corrected chi connectivity index (χ0v) is 14.6. The minimum absolute atomic E-state index is 0.738. The monoisotopic (exact) mass is 334 g/mol. The van der Waals surface area contributed by atoms with E-state index in [1.54, 1.807) is 0 Å². The number of aromatic nitrogens is 2. The highest BCUT2D eigenvalue weighted by Gasteiger charge is 2.23. The van der Waals surface area contributed by atoms with Crippen LogP contribution in [0.15, 0.2) is 18.2 Å². The minimum Gasteiger partial charge on any atom is -0.343 e. The SMILES string of the molecule is Cc1cc(Cl)ccc1NC(=S)N1CCc2c(C)nn(C)c2C1. The highest BCUT2D eigenvalue weighted by Crippen LogP contribution is 2.24. The number of hydrogen-bond donors (Lipinski definition) is 1. The topological polar surface area (TPSA) is 33.1 Å². The van der Waals surface area contributed by atoms with E-state index in [-0.39, 0.29) is 0 Å². The maximum atomic E-state index is 6.00. The molecule has 2 aromatic rings. The first-order valence-corrected chi connectivity index (χ1v) is 8.07. The van der Waals surface area contributed by atoms with Gasteiger partial charge in [-0.25, -0.2) is 0 Å². The highest BCUT2D eigenvalue weighted by atomic mass is 35.5. The number of rotatable bonds is 1. The standard InChI is InChI=1S/C16H19ClN4S/c1-10-8-12(17)4-5-14(10)18-16(22)21-7-6-13-11(2)19-20(3)15(13)9-21/h4-5,8H,6-7,9H2,1-3H3,(H,18,22). The van der Waals surface area contributed by atoms with Crippen molar-refractivity contribution in [3.05, 3.63) is 45.7 Å². The van der Waals surface area contributed by atoms with Crippen molar-refractivity contribution in [1.29, 1.82) is 0 Å². The van der Waals surface area contributed by atoms with Crippen LogP contribution in [0.2, 0.25) is 5.02 Å². The first-order valence-electron chi connectivity index (χ1n) is 7.29. The summed E-state index contributed by atoms with van der Waals surface area (Å²) in [4.78, 5) is 2.19. The van der Waals surface area contributed by atoms with E-state index < -0.39 is 0 Å². The van der Waals surface area contributed by atoms with E-state index >= 15 is 0 Å². The van der Waals surface area contributed by atoms with Gasteiger partial charge in [-0.05, 0) is 61.8 Å². The van der Waals surface area contributed by atoms with Crippen LogP contribution < -0.4 is 5.32 Å². The van der Waals surface area contributed by atoms with Crippen molar-refractivity contribution >= 4 is 34.6 Å². The van der Waals surface area contributed by atoms with Crippen molar-refractivity contribution in [2.45, 2.75) is 26.8 Å². The number of hydrogen-bond acceptors (Lipinski definition) is 2. The number of fused-ring (bicyclic) bond motifs is 1.